The van der Waals surface area contributed by atoms with Crippen LogP contribution in [0.25, 0.3) is 0 Å². The number of hydrogen-bond acceptors (Lipinski definition) is 2. The normalized spacial score (nSPS) is 24.7. The molecule has 1 saturated heterocycles. The summed E-state index contributed by atoms with van der Waals surface area (Å²) >= 11 is 0. The van der Waals surface area contributed by atoms with Gasteiger partial charge in [0.1, 0.15) is 12.4 Å². The van der Waals surface area contributed by atoms with E-state index in [0.717, 1.165) is 30.5 Å². The SMILES string of the molecule is CN(Cc1ccc(C(=O)N2CC3(C)CC2CC(C)(C)C3)cc1)C(=O)n1cc[n+](C)c1. The zero-order chi connectivity index (χ0) is 21.7. The van der Waals surface area contributed by atoms with Crippen LogP contribution in [0.15, 0.2) is 43.0 Å². The standard InChI is InChI=1S/C24H33N4O2/c1-23(2)12-20-13-24(3,15-23)16-28(20)21(29)19-8-6-18(7-9-19)14-26(5)22(30)27-11-10-25(4)17-27/h6-11,17,20H,12-16H2,1-5H3/q+1. The Balaban J connectivity index is 1.42. The third-order valence-corrected chi connectivity index (χ3v) is 6.61. The van der Waals surface area contributed by atoms with E-state index in [1.54, 1.807) is 29.0 Å². The van der Waals surface area contributed by atoms with Gasteiger partial charge in [-0.3, -0.25) is 4.79 Å². The van der Waals surface area contributed by atoms with Gasteiger partial charge >= 0.3 is 6.03 Å². The average Bonchev–Trinajstić information content (AvgIpc) is 3.20. The van der Waals surface area contributed by atoms with Crippen LogP contribution in [0, 0.1) is 10.8 Å². The smallest absolute Gasteiger partial charge is 0.335 e. The first-order valence-corrected chi connectivity index (χ1v) is 10.7. The second-order valence-corrected chi connectivity index (χ2v) is 10.5. The van der Waals surface area contributed by atoms with Gasteiger partial charge < -0.3 is 9.80 Å². The van der Waals surface area contributed by atoms with E-state index in [-0.39, 0.29) is 17.4 Å². The van der Waals surface area contributed by atoms with Crippen LogP contribution >= 0.6 is 0 Å². The highest BCUT2D eigenvalue weighted by molar-refractivity contribution is 5.94. The molecule has 1 saturated carbocycles. The molecule has 2 aromatic rings. The first-order chi connectivity index (χ1) is 14.1. The Morgan fingerprint density at radius 2 is 1.87 bits per heavy atom. The summed E-state index contributed by atoms with van der Waals surface area (Å²) in [5, 5.41) is 0. The summed E-state index contributed by atoms with van der Waals surface area (Å²) in [6.45, 7) is 8.33. The first-order valence-electron chi connectivity index (χ1n) is 10.7. The number of amides is 2. The van der Waals surface area contributed by atoms with Crippen molar-refractivity contribution in [3.05, 3.63) is 54.1 Å². The molecule has 1 aliphatic heterocycles. The number of nitrogens with zero attached hydrogens (tertiary/aromatic N) is 4. The Labute approximate surface area is 179 Å². The highest BCUT2D eigenvalue weighted by Crippen LogP contribution is 2.52. The Morgan fingerprint density at radius 3 is 2.50 bits per heavy atom. The lowest BCUT2D eigenvalue weighted by Gasteiger charge is -2.39. The van der Waals surface area contributed by atoms with Crippen molar-refractivity contribution in [2.75, 3.05) is 13.6 Å². The van der Waals surface area contributed by atoms with Gasteiger partial charge in [0.25, 0.3) is 12.2 Å². The van der Waals surface area contributed by atoms with Crippen LogP contribution in [0.5, 0.6) is 0 Å². The summed E-state index contributed by atoms with van der Waals surface area (Å²) < 4.78 is 3.40. The van der Waals surface area contributed by atoms with Crippen LogP contribution in [-0.4, -0.2) is 45.9 Å². The van der Waals surface area contributed by atoms with Crippen LogP contribution in [-0.2, 0) is 13.6 Å². The predicted molar refractivity (Wildman–Crippen MR) is 115 cm³/mol. The van der Waals surface area contributed by atoms with Crippen molar-refractivity contribution in [3.8, 4) is 0 Å². The van der Waals surface area contributed by atoms with Crippen molar-refractivity contribution < 1.29 is 14.2 Å². The maximum absolute atomic E-state index is 13.2. The zero-order valence-corrected chi connectivity index (χ0v) is 18.8. The molecule has 2 atom stereocenters. The van der Waals surface area contributed by atoms with Crippen LogP contribution in [0.1, 0.15) is 56.0 Å². The van der Waals surface area contributed by atoms with Crippen molar-refractivity contribution in [2.45, 2.75) is 52.6 Å². The highest BCUT2D eigenvalue weighted by Gasteiger charge is 2.51. The van der Waals surface area contributed by atoms with Crippen molar-refractivity contribution in [1.82, 2.24) is 14.4 Å². The summed E-state index contributed by atoms with van der Waals surface area (Å²) in [7, 11) is 3.67. The Hall–Kier alpha value is -2.63. The number of carbonyl (C=O) groups is 2. The molecule has 1 aliphatic carbocycles. The van der Waals surface area contributed by atoms with E-state index in [1.807, 2.05) is 42.1 Å². The van der Waals surface area contributed by atoms with Crippen LogP contribution < -0.4 is 4.57 Å². The van der Waals surface area contributed by atoms with Gasteiger partial charge in [-0.2, -0.15) is 4.57 Å². The third-order valence-electron chi connectivity index (χ3n) is 6.61. The van der Waals surface area contributed by atoms with Gasteiger partial charge in [-0.15, -0.1) is 0 Å². The van der Waals surface area contributed by atoms with E-state index in [9.17, 15) is 9.59 Å². The van der Waals surface area contributed by atoms with Crippen molar-refractivity contribution in [3.63, 3.8) is 0 Å². The van der Waals surface area contributed by atoms with Gasteiger partial charge in [0.15, 0.2) is 0 Å². The largest absolute Gasteiger partial charge is 0.415 e. The number of rotatable bonds is 3. The summed E-state index contributed by atoms with van der Waals surface area (Å²) in [6, 6.07) is 7.98. The van der Waals surface area contributed by atoms with Crippen LogP contribution in [0.2, 0.25) is 0 Å². The summed E-state index contributed by atoms with van der Waals surface area (Å²) in [4.78, 5) is 29.5. The van der Waals surface area contributed by atoms with E-state index in [1.165, 1.54) is 6.42 Å². The van der Waals surface area contributed by atoms with Crippen LogP contribution in [0.4, 0.5) is 4.79 Å². The molecule has 4 rings (SSSR count). The quantitative estimate of drug-likeness (QED) is 0.729. The predicted octanol–water partition coefficient (Wildman–Crippen LogP) is 3.45. The van der Waals surface area contributed by atoms with Crippen molar-refractivity contribution in [2.24, 2.45) is 17.9 Å². The number of carbonyl (C=O) groups excluding carboxylic acids is 2. The van der Waals surface area contributed by atoms with Gasteiger partial charge in [-0.1, -0.05) is 32.9 Å². The maximum Gasteiger partial charge on any atom is 0.415 e. The summed E-state index contributed by atoms with van der Waals surface area (Å²) in [5.74, 6) is 0.136. The van der Waals surface area contributed by atoms with Gasteiger partial charge in [0.05, 0.1) is 7.05 Å². The molecule has 2 aliphatic rings. The fourth-order valence-corrected chi connectivity index (χ4v) is 5.72. The Morgan fingerprint density at radius 1 is 1.17 bits per heavy atom. The molecule has 0 spiro atoms. The molecule has 0 N–H and O–H groups in total. The molecule has 1 aromatic carbocycles. The molecule has 2 heterocycles. The minimum atomic E-state index is -0.0871. The second-order valence-electron chi connectivity index (χ2n) is 10.5. The van der Waals surface area contributed by atoms with E-state index in [2.05, 4.69) is 25.7 Å². The minimum absolute atomic E-state index is 0.0871. The second kappa shape index (κ2) is 7.25. The van der Waals surface area contributed by atoms with E-state index in [0.29, 0.717) is 18.0 Å². The average molecular weight is 410 g/mol. The molecule has 2 fully saturated rings. The lowest BCUT2D eigenvalue weighted by Crippen LogP contribution is -2.37. The summed E-state index contributed by atoms with van der Waals surface area (Å²) in [6.07, 6.45) is 8.70. The fraction of sp³-hybridized carbons (Fsp3) is 0.542. The molecule has 6 nitrogen and oxygen atoms in total. The molecule has 2 bridgehead atoms. The monoisotopic (exact) mass is 409 g/mol. The Kier molecular flexibility index (Phi) is 4.99. The lowest BCUT2D eigenvalue weighted by atomic mass is 9.65. The van der Waals surface area contributed by atoms with Gasteiger partial charge in [0.2, 0.25) is 0 Å². The third kappa shape index (κ3) is 4.00. The molecule has 2 unspecified atom stereocenters. The molecule has 30 heavy (non-hydrogen) atoms. The van der Waals surface area contributed by atoms with Crippen molar-refractivity contribution >= 4 is 11.9 Å². The van der Waals surface area contributed by atoms with E-state index in [4.69, 9.17) is 0 Å². The molecule has 0 radical (unpaired) electrons. The molecule has 160 valence electrons. The molecular weight excluding hydrogens is 376 g/mol. The zero-order valence-electron chi connectivity index (χ0n) is 18.8. The number of likely N-dealkylation sites (tertiary alicyclic amines) is 1. The minimum Gasteiger partial charge on any atom is -0.335 e. The number of benzene rings is 1. The first kappa shape index (κ1) is 20.6. The fourth-order valence-electron chi connectivity index (χ4n) is 5.72. The number of imidazole rings is 1. The molecule has 1 aromatic heterocycles. The maximum atomic E-state index is 13.2. The topological polar surface area (TPSA) is 49.4 Å². The van der Waals surface area contributed by atoms with Gasteiger partial charge in [-0.25, -0.2) is 9.36 Å². The van der Waals surface area contributed by atoms with E-state index >= 15 is 0 Å². The molecular formula is C24H33N4O2+. The number of fused-ring (bicyclic) bond motifs is 2. The number of hydrogen-bond donors (Lipinski definition) is 0. The molecule has 2 amide bonds. The van der Waals surface area contributed by atoms with Gasteiger partial charge in [-0.05, 0) is 47.8 Å². The molecule has 6 heteroatoms. The van der Waals surface area contributed by atoms with Crippen LogP contribution in [0.3, 0.4) is 0 Å². The number of aryl methyl sites for hydroxylation is 1. The van der Waals surface area contributed by atoms with Crippen molar-refractivity contribution in [1.29, 1.82) is 0 Å². The highest BCUT2D eigenvalue weighted by atomic mass is 16.2. The van der Waals surface area contributed by atoms with Gasteiger partial charge in [0, 0.05) is 31.7 Å². The van der Waals surface area contributed by atoms with E-state index < -0.39 is 0 Å². The number of aromatic nitrogens is 2. The Bertz CT molecular complexity index is 962. The lowest BCUT2D eigenvalue weighted by molar-refractivity contribution is -0.670. The summed E-state index contributed by atoms with van der Waals surface area (Å²) in [5.41, 5.74) is 2.27.